The summed E-state index contributed by atoms with van der Waals surface area (Å²) in [6.07, 6.45) is 8.04. The molecule has 0 amide bonds. The Bertz CT molecular complexity index is 998. The van der Waals surface area contributed by atoms with Gasteiger partial charge in [-0.1, -0.05) is 37.3 Å². The molecule has 1 N–H and O–H groups in total. The molecular weight excluding hydrogens is 478 g/mol. The first-order chi connectivity index (χ1) is 17.9. The highest BCUT2D eigenvalue weighted by Crippen LogP contribution is 2.52. The molecule has 37 heavy (non-hydrogen) atoms. The first-order valence-electron chi connectivity index (χ1n) is 13.0. The molecule has 1 heterocycles. The molecule has 0 aromatic heterocycles. The Morgan fingerprint density at radius 2 is 2.11 bits per heavy atom. The predicted molar refractivity (Wildman–Crippen MR) is 136 cm³/mol. The van der Waals surface area contributed by atoms with Gasteiger partial charge in [0.15, 0.2) is 0 Å². The van der Waals surface area contributed by atoms with Crippen LogP contribution in [-0.4, -0.2) is 54.8 Å². The van der Waals surface area contributed by atoms with Crippen LogP contribution in [0, 0.1) is 33.8 Å². The van der Waals surface area contributed by atoms with Crippen LogP contribution in [0.3, 0.4) is 0 Å². The maximum absolute atomic E-state index is 12.0. The van der Waals surface area contributed by atoms with E-state index in [1.54, 1.807) is 0 Å². The van der Waals surface area contributed by atoms with Crippen LogP contribution in [0.5, 0.6) is 5.75 Å². The highest BCUT2D eigenvalue weighted by atomic mass is 17.0. The van der Waals surface area contributed by atoms with Crippen molar-refractivity contribution in [3.63, 3.8) is 0 Å². The van der Waals surface area contributed by atoms with Gasteiger partial charge < -0.3 is 24.2 Å². The molecule has 0 saturated heterocycles. The average molecular weight is 516 g/mol. The van der Waals surface area contributed by atoms with Crippen molar-refractivity contribution in [3.05, 3.63) is 51.6 Å². The molecule has 1 aliphatic carbocycles. The summed E-state index contributed by atoms with van der Waals surface area (Å²) < 4.78 is 16.7. The molecule has 1 aromatic carbocycles. The number of carbonyl (C=O) groups is 1. The zero-order valence-corrected chi connectivity index (χ0v) is 21.6. The number of carbonyl (C=O) groups excluding carboxylic acids is 1. The summed E-state index contributed by atoms with van der Waals surface area (Å²) in [5.74, 6) is 7.26. The number of para-hydroxylation sites is 1. The largest absolute Gasteiger partial charge is 0.489 e. The van der Waals surface area contributed by atoms with Gasteiger partial charge >= 0.3 is 5.97 Å². The molecule has 1 aromatic rings. The van der Waals surface area contributed by atoms with E-state index in [0.29, 0.717) is 25.2 Å². The van der Waals surface area contributed by atoms with Crippen molar-refractivity contribution in [3.8, 4) is 17.6 Å². The molecule has 5 atom stereocenters. The fourth-order valence-corrected chi connectivity index (χ4v) is 4.94. The van der Waals surface area contributed by atoms with E-state index in [1.165, 1.54) is 5.56 Å². The van der Waals surface area contributed by atoms with Gasteiger partial charge in [-0.25, -0.2) is 0 Å². The van der Waals surface area contributed by atoms with Gasteiger partial charge in [-0.15, -0.1) is 22.0 Å². The number of esters is 1. The number of fused-ring (bicyclic) bond motifs is 3. The SMILES string of the molecule is CC#CCC(C)C(O)/C=C/C1CCC2Oc3c(CCCC(=O)OCCOCCO[N+](=O)[O-])cccc3C12. The van der Waals surface area contributed by atoms with Gasteiger partial charge in [0.2, 0.25) is 0 Å². The average Bonchev–Trinajstić information content (AvgIpc) is 3.45. The van der Waals surface area contributed by atoms with Gasteiger partial charge in [0.1, 0.15) is 25.1 Å². The standard InChI is InChI=1S/C28H37NO8/c1-3-4-7-20(2)24(30)14-12-21-13-15-25-27(21)23-10-5-8-22(28(23)37-25)9-6-11-26(31)35-18-16-34-17-19-36-29(32)33/h5,8,10,12,14,20-21,24-25,27,30H,6-7,9,11,13,15-19H2,1-2H3/b14-12+. The fourth-order valence-electron chi connectivity index (χ4n) is 4.94. The molecule has 5 unspecified atom stereocenters. The number of hydrogen-bond acceptors (Lipinski definition) is 8. The van der Waals surface area contributed by atoms with Crippen LogP contribution in [0.25, 0.3) is 0 Å². The van der Waals surface area contributed by atoms with E-state index in [9.17, 15) is 20.0 Å². The van der Waals surface area contributed by atoms with E-state index < -0.39 is 11.2 Å². The third kappa shape index (κ3) is 8.48. The quantitative estimate of drug-likeness (QED) is 0.0930. The molecule has 0 radical (unpaired) electrons. The van der Waals surface area contributed by atoms with Crippen molar-refractivity contribution in [1.29, 1.82) is 0 Å². The molecule has 9 heteroatoms. The fraction of sp³-hybridized carbons (Fsp3) is 0.607. The highest BCUT2D eigenvalue weighted by molar-refractivity contribution is 5.69. The van der Waals surface area contributed by atoms with E-state index in [1.807, 2.05) is 19.9 Å². The third-order valence-corrected chi connectivity index (χ3v) is 6.88. The van der Waals surface area contributed by atoms with E-state index in [-0.39, 0.29) is 56.8 Å². The number of aryl methyl sites for hydroxylation is 1. The smallest absolute Gasteiger partial charge is 0.305 e. The van der Waals surface area contributed by atoms with Crippen LogP contribution in [0.15, 0.2) is 30.4 Å². The zero-order valence-electron chi connectivity index (χ0n) is 21.6. The zero-order chi connectivity index (χ0) is 26.6. The predicted octanol–water partition coefficient (Wildman–Crippen LogP) is 4.00. The molecule has 9 nitrogen and oxygen atoms in total. The van der Waals surface area contributed by atoms with E-state index in [2.05, 4.69) is 41.0 Å². The minimum atomic E-state index is -0.878. The number of benzene rings is 1. The van der Waals surface area contributed by atoms with E-state index in [0.717, 1.165) is 24.2 Å². The molecule has 2 aliphatic rings. The van der Waals surface area contributed by atoms with Crippen molar-refractivity contribution in [2.75, 3.05) is 26.4 Å². The van der Waals surface area contributed by atoms with Gasteiger partial charge in [-0.3, -0.25) is 4.79 Å². The summed E-state index contributed by atoms with van der Waals surface area (Å²) >= 11 is 0. The van der Waals surface area contributed by atoms with Crippen LogP contribution >= 0.6 is 0 Å². The van der Waals surface area contributed by atoms with Crippen molar-refractivity contribution < 1.29 is 34.0 Å². The Labute approximate surface area is 218 Å². The number of hydrogen-bond donors (Lipinski definition) is 1. The topological polar surface area (TPSA) is 117 Å². The molecular formula is C28H37NO8. The number of nitrogens with zero attached hydrogens (tertiary/aromatic N) is 1. The summed E-state index contributed by atoms with van der Waals surface area (Å²) in [6, 6.07) is 6.24. The summed E-state index contributed by atoms with van der Waals surface area (Å²) in [7, 11) is 0. The Kier molecular flexibility index (Phi) is 11.2. The summed E-state index contributed by atoms with van der Waals surface area (Å²) in [5, 5.41) is 19.7. The Morgan fingerprint density at radius 1 is 1.30 bits per heavy atom. The van der Waals surface area contributed by atoms with Gasteiger partial charge in [-0.2, -0.15) is 0 Å². The number of aliphatic hydroxyl groups excluding tert-OH is 1. The highest BCUT2D eigenvalue weighted by Gasteiger charge is 2.44. The molecule has 0 spiro atoms. The molecule has 1 aliphatic heterocycles. The van der Waals surface area contributed by atoms with Gasteiger partial charge in [-0.05, 0) is 50.0 Å². The van der Waals surface area contributed by atoms with Crippen LogP contribution in [-0.2, 0) is 25.5 Å². The van der Waals surface area contributed by atoms with Gasteiger partial charge in [0.25, 0.3) is 5.09 Å². The molecule has 3 rings (SSSR count). The summed E-state index contributed by atoms with van der Waals surface area (Å²) in [6.45, 7) is 3.99. The maximum Gasteiger partial charge on any atom is 0.305 e. The lowest BCUT2D eigenvalue weighted by Crippen LogP contribution is -2.17. The van der Waals surface area contributed by atoms with Crippen LogP contribution < -0.4 is 4.74 Å². The van der Waals surface area contributed by atoms with Crippen LogP contribution in [0.4, 0.5) is 0 Å². The van der Waals surface area contributed by atoms with Gasteiger partial charge in [0.05, 0.1) is 19.3 Å². The van der Waals surface area contributed by atoms with Crippen molar-refractivity contribution >= 4 is 5.97 Å². The second kappa shape index (κ2) is 14.6. The lowest BCUT2D eigenvalue weighted by Gasteiger charge is -2.17. The number of rotatable bonds is 15. The summed E-state index contributed by atoms with van der Waals surface area (Å²) in [4.78, 5) is 26.2. The molecule has 1 saturated carbocycles. The second-order valence-corrected chi connectivity index (χ2v) is 9.49. The molecule has 1 fully saturated rings. The Hall–Kier alpha value is -3.09. The van der Waals surface area contributed by atoms with Gasteiger partial charge in [0, 0.05) is 24.3 Å². The van der Waals surface area contributed by atoms with Crippen molar-refractivity contribution in [2.24, 2.45) is 11.8 Å². The normalized spacial score (nSPS) is 21.3. The Morgan fingerprint density at radius 3 is 2.89 bits per heavy atom. The monoisotopic (exact) mass is 515 g/mol. The van der Waals surface area contributed by atoms with Crippen molar-refractivity contribution in [2.45, 2.75) is 70.5 Å². The second-order valence-electron chi connectivity index (χ2n) is 9.49. The first-order valence-corrected chi connectivity index (χ1v) is 13.0. The third-order valence-electron chi connectivity index (χ3n) is 6.88. The minimum absolute atomic E-state index is 0.0597. The molecule has 202 valence electrons. The maximum atomic E-state index is 12.0. The number of aliphatic hydroxyl groups is 1. The van der Waals surface area contributed by atoms with E-state index >= 15 is 0 Å². The lowest BCUT2D eigenvalue weighted by atomic mass is 9.86. The van der Waals surface area contributed by atoms with E-state index in [4.69, 9.17) is 14.2 Å². The number of ether oxygens (including phenoxy) is 3. The van der Waals surface area contributed by atoms with Crippen LogP contribution in [0.2, 0.25) is 0 Å². The summed E-state index contributed by atoms with van der Waals surface area (Å²) in [5.41, 5.74) is 2.32. The first kappa shape index (κ1) is 28.5. The lowest BCUT2D eigenvalue weighted by molar-refractivity contribution is -0.758. The minimum Gasteiger partial charge on any atom is -0.489 e. The van der Waals surface area contributed by atoms with Crippen molar-refractivity contribution in [1.82, 2.24) is 0 Å². The number of allylic oxidation sites excluding steroid dienone is 1. The van der Waals surface area contributed by atoms with Crippen LogP contribution in [0.1, 0.15) is 63.0 Å². The molecule has 0 bridgehead atoms. The Balaban J connectivity index is 1.45.